The molecule has 1 atom stereocenters. The molecule has 0 spiro atoms. The Morgan fingerprint density at radius 2 is 1.59 bits per heavy atom. The van der Waals surface area contributed by atoms with Gasteiger partial charge in [-0.3, -0.25) is 4.79 Å². The zero-order valence-corrected chi connectivity index (χ0v) is 16.4. The molecule has 2 rings (SSSR count). The van der Waals surface area contributed by atoms with Crippen LogP contribution in [0.5, 0.6) is 5.75 Å². The van der Waals surface area contributed by atoms with Gasteiger partial charge in [0.25, 0.3) is 0 Å². The first-order chi connectivity index (χ1) is 13.2. The molecule has 0 saturated heterocycles. The van der Waals surface area contributed by atoms with Gasteiger partial charge in [-0.2, -0.15) is 0 Å². The minimum absolute atomic E-state index is 0.0468. The van der Waals surface area contributed by atoms with Gasteiger partial charge in [0.2, 0.25) is 0 Å². The van der Waals surface area contributed by atoms with Gasteiger partial charge in [0, 0.05) is 20.1 Å². The van der Waals surface area contributed by atoms with E-state index in [0.717, 1.165) is 37.2 Å². The molecule has 0 radical (unpaired) electrons. The van der Waals surface area contributed by atoms with E-state index in [9.17, 15) is 4.79 Å². The molecular weight excluding hydrogens is 340 g/mol. The molecule has 2 aromatic rings. The number of carbonyl (C=O) groups is 1. The van der Waals surface area contributed by atoms with Crippen LogP contribution >= 0.6 is 0 Å². The summed E-state index contributed by atoms with van der Waals surface area (Å²) in [5, 5.41) is 0. The molecule has 0 aliphatic rings. The van der Waals surface area contributed by atoms with Crippen molar-refractivity contribution in [3.8, 4) is 5.75 Å². The standard InChI is InChI=1S/C23H30O4/c1-19(24)23(25-2)17-20-11-13-22(14-12-20)27-16-8-4-7-15-26-18-21-9-5-3-6-10-21/h3,5-6,9-14,23H,4,7-8,15-18H2,1-2H3. The fourth-order valence-electron chi connectivity index (χ4n) is 2.77. The number of Topliss-reactive ketones (excluding diaryl/α,β-unsaturated/α-hetero) is 1. The Bertz CT molecular complexity index is 652. The third-order valence-corrected chi connectivity index (χ3v) is 4.40. The molecule has 0 aromatic heterocycles. The zero-order chi connectivity index (χ0) is 19.3. The van der Waals surface area contributed by atoms with Crippen molar-refractivity contribution in [2.24, 2.45) is 0 Å². The lowest BCUT2D eigenvalue weighted by Crippen LogP contribution is -2.22. The van der Waals surface area contributed by atoms with E-state index in [-0.39, 0.29) is 11.9 Å². The molecule has 4 heteroatoms. The molecule has 0 heterocycles. The molecule has 146 valence electrons. The number of hydrogen-bond acceptors (Lipinski definition) is 4. The average Bonchev–Trinajstić information content (AvgIpc) is 2.69. The van der Waals surface area contributed by atoms with Gasteiger partial charge in [0.05, 0.1) is 13.2 Å². The van der Waals surface area contributed by atoms with Gasteiger partial charge < -0.3 is 14.2 Å². The third kappa shape index (κ3) is 8.37. The van der Waals surface area contributed by atoms with E-state index >= 15 is 0 Å². The molecule has 0 saturated carbocycles. The summed E-state index contributed by atoms with van der Waals surface area (Å²) in [4.78, 5) is 11.4. The van der Waals surface area contributed by atoms with E-state index in [0.29, 0.717) is 19.6 Å². The van der Waals surface area contributed by atoms with E-state index in [1.54, 1.807) is 14.0 Å². The van der Waals surface area contributed by atoms with Gasteiger partial charge in [-0.05, 0) is 49.4 Å². The number of ketones is 1. The van der Waals surface area contributed by atoms with Crippen LogP contribution in [0.3, 0.4) is 0 Å². The Morgan fingerprint density at radius 3 is 2.26 bits per heavy atom. The molecule has 2 aromatic carbocycles. The van der Waals surface area contributed by atoms with Gasteiger partial charge in [-0.25, -0.2) is 0 Å². The fraction of sp³-hybridized carbons (Fsp3) is 0.435. The Balaban J connectivity index is 1.54. The summed E-state index contributed by atoms with van der Waals surface area (Å²) in [6.45, 7) is 3.71. The van der Waals surface area contributed by atoms with E-state index in [1.165, 1.54) is 5.56 Å². The number of unbranched alkanes of at least 4 members (excludes halogenated alkanes) is 2. The fourth-order valence-corrected chi connectivity index (χ4v) is 2.77. The Kier molecular flexibility index (Phi) is 9.60. The summed E-state index contributed by atoms with van der Waals surface area (Å²) in [6, 6.07) is 18.1. The number of rotatable bonds is 13. The molecule has 27 heavy (non-hydrogen) atoms. The van der Waals surface area contributed by atoms with Crippen molar-refractivity contribution < 1.29 is 19.0 Å². The molecule has 0 N–H and O–H groups in total. The minimum atomic E-state index is -0.374. The van der Waals surface area contributed by atoms with E-state index in [4.69, 9.17) is 14.2 Å². The quantitative estimate of drug-likeness (QED) is 0.484. The highest BCUT2D eigenvalue weighted by Gasteiger charge is 2.13. The topological polar surface area (TPSA) is 44.8 Å². The summed E-state index contributed by atoms with van der Waals surface area (Å²) >= 11 is 0. The maximum Gasteiger partial charge on any atom is 0.158 e. The lowest BCUT2D eigenvalue weighted by atomic mass is 10.1. The van der Waals surface area contributed by atoms with Crippen LogP contribution in [0.1, 0.15) is 37.3 Å². The van der Waals surface area contributed by atoms with Crippen molar-refractivity contribution in [2.45, 2.75) is 45.3 Å². The van der Waals surface area contributed by atoms with Crippen molar-refractivity contribution in [2.75, 3.05) is 20.3 Å². The predicted molar refractivity (Wildman–Crippen MR) is 107 cm³/mol. The lowest BCUT2D eigenvalue weighted by molar-refractivity contribution is -0.126. The second kappa shape index (κ2) is 12.3. The van der Waals surface area contributed by atoms with Crippen LogP contribution in [-0.2, 0) is 27.3 Å². The first-order valence-corrected chi connectivity index (χ1v) is 9.55. The molecule has 0 amide bonds. The van der Waals surface area contributed by atoms with Crippen LogP contribution in [-0.4, -0.2) is 32.2 Å². The second-order valence-electron chi connectivity index (χ2n) is 6.63. The largest absolute Gasteiger partial charge is 0.494 e. The smallest absolute Gasteiger partial charge is 0.158 e. The molecule has 0 fully saturated rings. The van der Waals surface area contributed by atoms with Crippen molar-refractivity contribution in [3.05, 3.63) is 65.7 Å². The predicted octanol–water partition coefficient (Wildman–Crippen LogP) is 4.60. The normalized spacial score (nSPS) is 11.9. The molecular formula is C23H30O4. The van der Waals surface area contributed by atoms with Crippen LogP contribution in [0.2, 0.25) is 0 Å². The van der Waals surface area contributed by atoms with Gasteiger partial charge >= 0.3 is 0 Å². The monoisotopic (exact) mass is 370 g/mol. The van der Waals surface area contributed by atoms with Crippen LogP contribution in [0.4, 0.5) is 0 Å². The summed E-state index contributed by atoms with van der Waals surface area (Å²) in [5.41, 5.74) is 2.28. The van der Waals surface area contributed by atoms with Gasteiger partial charge in [0.15, 0.2) is 5.78 Å². The highest BCUT2D eigenvalue weighted by Crippen LogP contribution is 2.15. The third-order valence-electron chi connectivity index (χ3n) is 4.40. The van der Waals surface area contributed by atoms with E-state index < -0.39 is 0 Å². The highest BCUT2D eigenvalue weighted by molar-refractivity contribution is 5.80. The second-order valence-corrected chi connectivity index (χ2v) is 6.63. The van der Waals surface area contributed by atoms with Crippen molar-refractivity contribution in [3.63, 3.8) is 0 Å². The first-order valence-electron chi connectivity index (χ1n) is 9.55. The summed E-state index contributed by atoms with van der Waals surface area (Å²) in [6.07, 6.45) is 3.35. The van der Waals surface area contributed by atoms with Gasteiger partial charge in [-0.1, -0.05) is 42.5 Å². The summed E-state index contributed by atoms with van der Waals surface area (Å²) in [7, 11) is 1.57. The first kappa shape index (κ1) is 21.1. The lowest BCUT2D eigenvalue weighted by Gasteiger charge is -2.12. The number of benzene rings is 2. The number of hydrogen-bond donors (Lipinski definition) is 0. The Labute approximate surface area is 162 Å². The van der Waals surface area contributed by atoms with Crippen molar-refractivity contribution in [1.29, 1.82) is 0 Å². The van der Waals surface area contributed by atoms with E-state index in [2.05, 4.69) is 12.1 Å². The van der Waals surface area contributed by atoms with E-state index in [1.807, 2.05) is 42.5 Å². The highest BCUT2D eigenvalue weighted by atomic mass is 16.5. The molecule has 0 bridgehead atoms. The maximum atomic E-state index is 11.4. The SMILES string of the molecule is COC(Cc1ccc(OCCCCCOCc2ccccc2)cc1)C(C)=O. The van der Waals surface area contributed by atoms with Crippen molar-refractivity contribution in [1.82, 2.24) is 0 Å². The summed E-state index contributed by atoms with van der Waals surface area (Å²) < 4.78 is 16.7. The van der Waals surface area contributed by atoms with Crippen LogP contribution in [0.15, 0.2) is 54.6 Å². The number of ether oxygens (including phenoxy) is 3. The number of carbonyl (C=O) groups excluding carboxylic acids is 1. The Morgan fingerprint density at radius 1 is 0.889 bits per heavy atom. The van der Waals surface area contributed by atoms with Gasteiger partial charge in [-0.15, -0.1) is 0 Å². The zero-order valence-electron chi connectivity index (χ0n) is 16.4. The van der Waals surface area contributed by atoms with Crippen LogP contribution in [0.25, 0.3) is 0 Å². The summed E-state index contributed by atoms with van der Waals surface area (Å²) in [5.74, 6) is 0.904. The van der Waals surface area contributed by atoms with Crippen LogP contribution < -0.4 is 4.74 Å². The molecule has 1 unspecified atom stereocenters. The van der Waals surface area contributed by atoms with Crippen molar-refractivity contribution >= 4 is 5.78 Å². The number of methoxy groups -OCH3 is 1. The molecule has 4 nitrogen and oxygen atoms in total. The Hall–Kier alpha value is -2.17. The average molecular weight is 370 g/mol. The maximum absolute atomic E-state index is 11.4. The van der Waals surface area contributed by atoms with Crippen LogP contribution in [0, 0.1) is 0 Å². The molecule has 0 aliphatic carbocycles. The molecule has 0 aliphatic heterocycles. The van der Waals surface area contributed by atoms with Gasteiger partial charge in [0.1, 0.15) is 11.9 Å². The minimum Gasteiger partial charge on any atom is -0.494 e.